The number of benzene rings is 1. The molecule has 1 aliphatic heterocycles. The van der Waals surface area contributed by atoms with Gasteiger partial charge in [-0.25, -0.2) is 4.79 Å². The summed E-state index contributed by atoms with van der Waals surface area (Å²) in [7, 11) is 0. The van der Waals surface area contributed by atoms with Crippen LogP contribution in [0, 0.1) is 0 Å². The third kappa shape index (κ3) is 3.24. The molecule has 2 N–H and O–H groups in total. The van der Waals surface area contributed by atoms with Gasteiger partial charge in [-0.2, -0.15) is 0 Å². The van der Waals surface area contributed by atoms with Gasteiger partial charge >= 0.3 is 6.03 Å². The zero-order valence-corrected chi connectivity index (χ0v) is 13.4. The number of urea groups is 1. The summed E-state index contributed by atoms with van der Waals surface area (Å²) in [5, 5.41) is 5.26. The highest BCUT2D eigenvalue weighted by Crippen LogP contribution is 2.21. The first-order valence-electron chi connectivity index (χ1n) is 6.55. The van der Waals surface area contributed by atoms with Gasteiger partial charge < -0.3 is 10.6 Å². The van der Waals surface area contributed by atoms with Gasteiger partial charge in [0, 0.05) is 10.2 Å². The first kappa shape index (κ1) is 15.5. The number of rotatable bonds is 4. The van der Waals surface area contributed by atoms with Gasteiger partial charge in [0.25, 0.3) is 5.91 Å². The number of imide groups is 1. The maximum Gasteiger partial charge on any atom is 0.325 e. The molecule has 1 aromatic carbocycles. The van der Waals surface area contributed by atoms with Gasteiger partial charge in [-0.05, 0) is 31.5 Å². The van der Waals surface area contributed by atoms with Gasteiger partial charge in [-0.1, -0.05) is 28.9 Å². The van der Waals surface area contributed by atoms with E-state index in [-0.39, 0.29) is 12.5 Å². The summed E-state index contributed by atoms with van der Waals surface area (Å²) >= 11 is 3.30. The van der Waals surface area contributed by atoms with E-state index in [1.54, 1.807) is 25.1 Å². The molecule has 21 heavy (non-hydrogen) atoms. The average molecular weight is 354 g/mol. The number of nitrogens with one attached hydrogen (secondary N) is 2. The summed E-state index contributed by atoms with van der Waals surface area (Å²) in [5.41, 5.74) is -0.327. The number of carbonyl (C=O) groups is 3. The highest BCUT2D eigenvalue weighted by atomic mass is 79.9. The van der Waals surface area contributed by atoms with Gasteiger partial charge in [-0.15, -0.1) is 0 Å². The molecular formula is C14H16BrN3O3. The van der Waals surface area contributed by atoms with Crippen LogP contribution in [0.1, 0.15) is 20.3 Å². The van der Waals surface area contributed by atoms with Gasteiger partial charge in [0.1, 0.15) is 12.1 Å². The van der Waals surface area contributed by atoms with E-state index in [9.17, 15) is 14.4 Å². The summed E-state index contributed by atoms with van der Waals surface area (Å²) in [6, 6.07) is 6.54. The second kappa shape index (κ2) is 5.85. The fourth-order valence-electron chi connectivity index (χ4n) is 2.04. The van der Waals surface area contributed by atoms with Crippen molar-refractivity contribution in [1.29, 1.82) is 0 Å². The molecule has 0 radical (unpaired) electrons. The molecule has 1 aromatic rings. The fourth-order valence-corrected chi connectivity index (χ4v) is 2.44. The van der Waals surface area contributed by atoms with E-state index in [2.05, 4.69) is 26.6 Å². The van der Waals surface area contributed by atoms with Crippen LogP contribution >= 0.6 is 15.9 Å². The number of halogens is 1. The Morgan fingerprint density at radius 1 is 1.43 bits per heavy atom. The van der Waals surface area contributed by atoms with Crippen molar-refractivity contribution in [2.75, 3.05) is 11.9 Å². The summed E-state index contributed by atoms with van der Waals surface area (Å²) in [6.45, 7) is 3.16. The van der Waals surface area contributed by atoms with Crippen LogP contribution in [0.5, 0.6) is 0 Å². The van der Waals surface area contributed by atoms with Crippen LogP contribution in [0.15, 0.2) is 28.7 Å². The molecule has 1 saturated heterocycles. The van der Waals surface area contributed by atoms with Crippen LogP contribution in [0.2, 0.25) is 0 Å². The first-order chi connectivity index (χ1) is 9.85. The number of nitrogens with zero attached hydrogens (tertiary/aromatic N) is 1. The maximum atomic E-state index is 12.2. The maximum absolute atomic E-state index is 12.2. The topological polar surface area (TPSA) is 78.5 Å². The zero-order valence-electron chi connectivity index (χ0n) is 11.8. The summed E-state index contributed by atoms with van der Waals surface area (Å²) in [5.74, 6) is -0.795. The Morgan fingerprint density at radius 3 is 2.71 bits per heavy atom. The van der Waals surface area contributed by atoms with Crippen LogP contribution in [-0.2, 0) is 9.59 Å². The van der Waals surface area contributed by atoms with Crippen molar-refractivity contribution in [3.8, 4) is 0 Å². The Morgan fingerprint density at radius 2 is 2.14 bits per heavy atom. The first-order valence-corrected chi connectivity index (χ1v) is 7.34. The van der Waals surface area contributed by atoms with Gasteiger partial charge in [-0.3, -0.25) is 14.5 Å². The minimum Gasteiger partial charge on any atom is -0.324 e. The summed E-state index contributed by atoms with van der Waals surface area (Å²) in [6.07, 6.45) is 0.474. The van der Waals surface area contributed by atoms with Crippen molar-refractivity contribution >= 4 is 39.5 Å². The molecule has 0 unspecified atom stereocenters. The van der Waals surface area contributed by atoms with E-state index >= 15 is 0 Å². The Labute approximate surface area is 131 Å². The van der Waals surface area contributed by atoms with Crippen LogP contribution in [0.25, 0.3) is 0 Å². The molecular weight excluding hydrogens is 338 g/mol. The molecule has 1 atom stereocenters. The molecule has 4 amide bonds. The number of carbonyl (C=O) groups excluding carboxylic acids is 3. The largest absolute Gasteiger partial charge is 0.325 e. The lowest BCUT2D eigenvalue weighted by Gasteiger charge is -2.19. The molecule has 1 heterocycles. The minimum atomic E-state index is -0.923. The van der Waals surface area contributed by atoms with Crippen molar-refractivity contribution in [2.45, 2.75) is 25.8 Å². The molecule has 0 spiro atoms. The molecule has 0 bridgehead atoms. The molecule has 112 valence electrons. The Bertz CT molecular complexity index is 605. The Kier molecular flexibility index (Phi) is 4.32. The van der Waals surface area contributed by atoms with Crippen LogP contribution < -0.4 is 10.6 Å². The molecule has 2 rings (SSSR count). The van der Waals surface area contributed by atoms with E-state index in [0.29, 0.717) is 12.1 Å². The van der Waals surface area contributed by atoms with Gasteiger partial charge in [0.15, 0.2) is 0 Å². The third-order valence-corrected chi connectivity index (χ3v) is 3.96. The Hall–Kier alpha value is -1.89. The predicted molar refractivity (Wildman–Crippen MR) is 81.7 cm³/mol. The van der Waals surface area contributed by atoms with E-state index in [0.717, 1.165) is 9.37 Å². The monoisotopic (exact) mass is 353 g/mol. The number of anilines is 1. The quantitative estimate of drug-likeness (QED) is 0.813. The lowest BCUT2D eigenvalue weighted by molar-refractivity contribution is -0.133. The molecule has 1 fully saturated rings. The average Bonchev–Trinajstić information content (AvgIpc) is 2.63. The predicted octanol–water partition coefficient (Wildman–Crippen LogP) is 2.11. The molecule has 0 aliphatic carbocycles. The number of amides is 4. The fraction of sp³-hybridized carbons (Fsp3) is 0.357. The molecule has 0 saturated carbocycles. The van der Waals surface area contributed by atoms with Crippen molar-refractivity contribution in [3.05, 3.63) is 28.7 Å². The van der Waals surface area contributed by atoms with Crippen LogP contribution in [-0.4, -0.2) is 34.8 Å². The summed E-state index contributed by atoms with van der Waals surface area (Å²) in [4.78, 5) is 36.9. The molecule has 1 aliphatic rings. The van der Waals surface area contributed by atoms with E-state index in [1.807, 2.05) is 13.0 Å². The molecule has 0 aromatic heterocycles. The van der Waals surface area contributed by atoms with Crippen molar-refractivity contribution in [3.63, 3.8) is 0 Å². The van der Waals surface area contributed by atoms with Crippen LogP contribution in [0.4, 0.5) is 10.5 Å². The minimum absolute atomic E-state index is 0.299. The highest BCUT2D eigenvalue weighted by molar-refractivity contribution is 9.10. The molecule has 6 nitrogen and oxygen atoms in total. The number of hydrogen-bond acceptors (Lipinski definition) is 3. The number of hydrogen-bond donors (Lipinski definition) is 2. The van der Waals surface area contributed by atoms with Gasteiger partial charge in [0.2, 0.25) is 5.91 Å². The smallest absolute Gasteiger partial charge is 0.324 e. The van der Waals surface area contributed by atoms with Crippen molar-refractivity contribution < 1.29 is 14.4 Å². The second-order valence-corrected chi connectivity index (χ2v) is 5.98. The lowest BCUT2D eigenvalue weighted by Crippen LogP contribution is -2.44. The lowest BCUT2D eigenvalue weighted by atomic mass is 9.99. The Balaban J connectivity index is 2.03. The molecule has 7 heteroatoms. The van der Waals surface area contributed by atoms with Crippen LogP contribution in [0.3, 0.4) is 0 Å². The standard InChI is InChI=1S/C14H16BrN3O3/c1-3-14(2)12(20)18(13(21)17-14)8-11(19)16-10-6-4-5-9(15)7-10/h4-7H,3,8H2,1-2H3,(H,16,19)(H,17,21)/t14-/m0/s1. The zero-order chi connectivity index (χ0) is 15.6. The normalized spacial score (nSPS) is 21.4. The second-order valence-electron chi connectivity index (χ2n) is 5.07. The third-order valence-electron chi connectivity index (χ3n) is 3.46. The van der Waals surface area contributed by atoms with Crippen molar-refractivity contribution in [2.24, 2.45) is 0 Å². The van der Waals surface area contributed by atoms with E-state index in [1.165, 1.54) is 0 Å². The van der Waals surface area contributed by atoms with E-state index < -0.39 is 17.5 Å². The van der Waals surface area contributed by atoms with E-state index in [4.69, 9.17) is 0 Å². The highest BCUT2D eigenvalue weighted by Gasteiger charge is 2.46. The van der Waals surface area contributed by atoms with Gasteiger partial charge in [0.05, 0.1) is 0 Å². The summed E-state index contributed by atoms with van der Waals surface area (Å²) < 4.78 is 0.828. The van der Waals surface area contributed by atoms with Crippen molar-refractivity contribution in [1.82, 2.24) is 10.2 Å². The SMILES string of the molecule is CC[C@]1(C)NC(=O)N(CC(=O)Nc2cccc(Br)c2)C1=O.